The second kappa shape index (κ2) is 9.52. The molecule has 4 rings (SSSR count). The molecule has 1 fully saturated rings. The normalized spacial score (nSPS) is 14.7. The third-order valence-corrected chi connectivity index (χ3v) is 6.43. The topological polar surface area (TPSA) is 110 Å². The molecule has 8 nitrogen and oxygen atoms in total. The number of nitrogens with two attached hydrogens (primary N) is 1. The van der Waals surface area contributed by atoms with Crippen molar-refractivity contribution < 1.29 is 14.3 Å². The van der Waals surface area contributed by atoms with Gasteiger partial charge in [0.05, 0.1) is 36.6 Å². The van der Waals surface area contributed by atoms with Crippen LogP contribution in [-0.2, 0) is 16.1 Å². The van der Waals surface area contributed by atoms with Gasteiger partial charge in [-0.2, -0.15) is 0 Å². The molecule has 0 unspecified atom stereocenters. The number of nitrogens with one attached hydrogen (secondary N) is 1. The zero-order valence-corrected chi connectivity index (χ0v) is 17.8. The SMILES string of the molecule is NC(=O)c1ccsc1NC(=O)CSc1nc(CN2CCOCC2)nc2ccccc12. The number of carbonyl (C=O) groups excluding carboxylic acids is 2. The summed E-state index contributed by atoms with van der Waals surface area (Å²) < 4.78 is 5.40. The third kappa shape index (κ3) is 4.96. The highest BCUT2D eigenvalue weighted by atomic mass is 32.2. The van der Waals surface area contributed by atoms with Crippen LogP contribution in [0.4, 0.5) is 5.00 Å². The first kappa shape index (κ1) is 20.7. The van der Waals surface area contributed by atoms with Crippen molar-refractivity contribution in [3.05, 3.63) is 47.1 Å². The van der Waals surface area contributed by atoms with Crippen LogP contribution in [0.1, 0.15) is 16.2 Å². The number of carbonyl (C=O) groups is 2. The summed E-state index contributed by atoms with van der Waals surface area (Å²) >= 11 is 2.62. The van der Waals surface area contributed by atoms with Gasteiger partial charge in [-0.3, -0.25) is 14.5 Å². The van der Waals surface area contributed by atoms with E-state index in [4.69, 9.17) is 20.4 Å². The molecule has 0 saturated carbocycles. The maximum Gasteiger partial charge on any atom is 0.251 e. The molecule has 0 radical (unpaired) electrons. The van der Waals surface area contributed by atoms with Crippen LogP contribution in [-0.4, -0.2) is 58.7 Å². The minimum Gasteiger partial charge on any atom is -0.379 e. The fourth-order valence-corrected chi connectivity index (χ4v) is 4.78. The Bertz CT molecular complexity index is 1070. The van der Waals surface area contributed by atoms with Crippen molar-refractivity contribution in [2.75, 3.05) is 37.4 Å². The van der Waals surface area contributed by atoms with Crippen LogP contribution in [0.5, 0.6) is 0 Å². The van der Waals surface area contributed by atoms with Crippen LogP contribution in [0.3, 0.4) is 0 Å². The van der Waals surface area contributed by atoms with Crippen molar-refractivity contribution in [1.82, 2.24) is 14.9 Å². The van der Waals surface area contributed by atoms with Gasteiger partial charge in [0, 0.05) is 18.5 Å². The standard InChI is InChI=1S/C20H21N5O3S2/c21-18(27)14-5-10-29-20(14)24-17(26)12-30-19-13-3-1-2-4-15(13)22-16(23-19)11-25-6-8-28-9-7-25/h1-5,10H,6-9,11-12H2,(H2,21,27)(H,24,26). The number of para-hydroxylation sites is 1. The predicted molar refractivity (Wildman–Crippen MR) is 118 cm³/mol. The highest BCUT2D eigenvalue weighted by Gasteiger charge is 2.16. The van der Waals surface area contributed by atoms with Gasteiger partial charge in [0.15, 0.2) is 0 Å². The highest BCUT2D eigenvalue weighted by molar-refractivity contribution is 8.00. The van der Waals surface area contributed by atoms with Gasteiger partial charge in [-0.1, -0.05) is 30.0 Å². The number of fused-ring (bicyclic) bond motifs is 1. The van der Waals surface area contributed by atoms with E-state index in [9.17, 15) is 9.59 Å². The van der Waals surface area contributed by atoms with E-state index in [1.165, 1.54) is 23.1 Å². The molecule has 2 aromatic heterocycles. The van der Waals surface area contributed by atoms with E-state index in [-0.39, 0.29) is 11.7 Å². The minimum absolute atomic E-state index is 0.161. The van der Waals surface area contributed by atoms with Gasteiger partial charge in [-0.15, -0.1) is 11.3 Å². The molecule has 3 heterocycles. The molecule has 3 N–H and O–H groups in total. The minimum atomic E-state index is -0.561. The van der Waals surface area contributed by atoms with E-state index >= 15 is 0 Å². The van der Waals surface area contributed by atoms with Crippen molar-refractivity contribution in [2.45, 2.75) is 11.6 Å². The van der Waals surface area contributed by atoms with E-state index in [1.807, 2.05) is 24.3 Å². The molecule has 2 amide bonds. The maximum absolute atomic E-state index is 12.5. The van der Waals surface area contributed by atoms with E-state index in [2.05, 4.69) is 10.2 Å². The van der Waals surface area contributed by atoms with E-state index in [0.29, 0.717) is 30.3 Å². The summed E-state index contributed by atoms with van der Waals surface area (Å²) in [5.74, 6) is 0.109. The molecule has 156 valence electrons. The average Bonchev–Trinajstić information content (AvgIpc) is 3.21. The molecular formula is C20H21N5O3S2. The molecule has 3 aromatic rings. The lowest BCUT2D eigenvalue weighted by Gasteiger charge is -2.25. The Hall–Kier alpha value is -2.53. The van der Waals surface area contributed by atoms with Crippen molar-refractivity contribution in [2.24, 2.45) is 5.73 Å². The number of hydrogen-bond donors (Lipinski definition) is 2. The highest BCUT2D eigenvalue weighted by Crippen LogP contribution is 2.27. The molecule has 0 bridgehead atoms. The number of aromatic nitrogens is 2. The van der Waals surface area contributed by atoms with Crippen LogP contribution in [0, 0.1) is 0 Å². The number of rotatable bonds is 7. The molecule has 30 heavy (non-hydrogen) atoms. The fraction of sp³-hybridized carbons (Fsp3) is 0.300. The molecule has 0 spiro atoms. The number of ether oxygens (including phenoxy) is 1. The predicted octanol–water partition coefficient (Wildman–Crippen LogP) is 2.35. The number of morpholine rings is 1. The molecular weight excluding hydrogens is 422 g/mol. The molecule has 1 saturated heterocycles. The summed E-state index contributed by atoms with van der Waals surface area (Å²) in [4.78, 5) is 35.6. The lowest BCUT2D eigenvalue weighted by molar-refractivity contribution is -0.113. The Kier molecular flexibility index (Phi) is 6.58. The maximum atomic E-state index is 12.5. The summed E-state index contributed by atoms with van der Waals surface area (Å²) in [6.45, 7) is 3.77. The van der Waals surface area contributed by atoms with E-state index in [1.54, 1.807) is 11.4 Å². The number of hydrogen-bond acceptors (Lipinski definition) is 8. The second-order valence-corrected chi connectivity index (χ2v) is 8.60. The molecule has 1 aromatic carbocycles. The monoisotopic (exact) mass is 443 g/mol. The van der Waals surface area contributed by atoms with Crippen LogP contribution in [0.25, 0.3) is 10.9 Å². The Morgan fingerprint density at radius 2 is 2.00 bits per heavy atom. The largest absolute Gasteiger partial charge is 0.379 e. The molecule has 10 heteroatoms. The lowest BCUT2D eigenvalue weighted by atomic mass is 10.2. The number of amides is 2. The quantitative estimate of drug-likeness (QED) is 0.426. The zero-order valence-electron chi connectivity index (χ0n) is 16.2. The molecule has 1 aliphatic rings. The number of primary amides is 1. The van der Waals surface area contributed by atoms with Crippen molar-refractivity contribution in [3.8, 4) is 0 Å². The van der Waals surface area contributed by atoms with Crippen molar-refractivity contribution in [3.63, 3.8) is 0 Å². The van der Waals surface area contributed by atoms with Crippen LogP contribution in [0.15, 0.2) is 40.7 Å². The summed E-state index contributed by atoms with van der Waals surface area (Å²) in [7, 11) is 0. The van der Waals surface area contributed by atoms with Crippen LogP contribution >= 0.6 is 23.1 Å². The summed E-state index contributed by atoms with van der Waals surface area (Å²) in [5, 5.41) is 6.63. The average molecular weight is 444 g/mol. The van der Waals surface area contributed by atoms with Gasteiger partial charge >= 0.3 is 0 Å². The molecule has 1 aliphatic heterocycles. The van der Waals surface area contributed by atoms with Gasteiger partial charge in [-0.25, -0.2) is 9.97 Å². The number of benzene rings is 1. The number of thiophene rings is 1. The molecule has 0 atom stereocenters. The first-order valence-corrected chi connectivity index (χ1v) is 11.3. The first-order chi connectivity index (χ1) is 14.6. The zero-order chi connectivity index (χ0) is 20.9. The first-order valence-electron chi connectivity index (χ1n) is 9.46. The van der Waals surface area contributed by atoms with E-state index in [0.717, 1.165) is 34.8 Å². The Morgan fingerprint density at radius 3 is 2.80 bits per heavy atom. The van der Waals surface area contributed by atoms with Crippen LogP contribution in [0.2, 0.25) is 0 Å². The van der Waals surface area contributed by atoms with Gasteiger partial charge in [0.2, 0.25) is 5.91 Å². The van der Waals surface area contributed by atoms with Crippen LogP contribution < -0.4 is 11.1 Å². The number of nitrogens with zero attached hydrogens (tertiary/aromatic N) is 3. The summed E-state index contributed by atoms with van der Waals surface area (Å²) in [5.41, 5.74) is 6.51. The Morgan fingerprint density at radius 1 is 1.20 bits per heavy atom. The van der Waals surface area contributed by atoms with Gasteiger partial charge in [-0.05, 0) is 17.5 Å². The fourth-order valence-electron chi connectivity index (χ4n) is 3.13. The number of thioether (sulfide) groups is 1. The summed E-state index contributed by atoms with van der Waals surface area (Å²) in [6.07, 6.45) is 0. The second-order valence-electron chi connectivity index (χ2n) is 6.72. The van der Waals surface area contributed by atoms with Crippen molar-refractivity contribution in [1.29, 1.82) is 0 Å². The van der Waals surface area contributed by atoms with E-state index < -0.39 is 5.91 Å². The lowest BCUT2D eigenvalue weighted by Crippen LogP contribution is -2.36. The van der Waals surface area contributed by atoms with Gasteiger partial charge in [0.25, 0.3) is 5.91 Å². The van der Waals surface area contributed by atoms with Gasteiger partial charge < -0.3 is 15.8 Å². The summed E-state index contributed by atoms with van der Waals surface area (Å²) in [6, 6.07) is 9.39. The Labute approximate surface area is 181 Å². The third-order valence-electron chi connectivity index (χ3n) is 4.61. The molecule has 0 aliphatic carbocycles. The van der Waals surface area contributed by atoms with Gasteiger partial charge in [0.1, 0.15) is 15.9 Å². The Balaban J connectivity index is 1.48. The smallest absolute Gasteiger partial charge is 0.251 e. The van der Waals surface area contributed by atoms with Crippen molar-refractivity contribution >= 4 is 50.8 Å². The number of anilines is 1.